The number of carbonyl (C=O) groups excluding carboxylic acids is 1. The maximum absolute atomic E-state index is 12.2. The van der Waals surface area contributed by atoms with Crippen LogP contribution in [0.5, 0.6) is 0 Å². The molecule has 1 saturated heterocycles. The predicted molar refractivity (Wildman–Crippen MR) is 78.8 cm³/mol. The third-order valence-corrected chi connectivity index (χ3v) is 4.10. The summed E-state index contributed by atoms with van der Waals surface area (Å²) in [6.45, 7) is 1.87. The third kappa shape index (κ3) is 3.64. The highest BCUT2D eigenvalue weighted by atomic mass is 35.5. The zero-order valence-electron chi connectivity index (χ0n) is 11.7. The van der Waals surface area contributed by atoms with Crippen LogP contribution in [0, 0.1) is 5.92 Å². The van der Waals surface area contributed by atoms with Crippen molar-refractivity contribution in [3.63, 3.8) is 0 Å². The lowest BCUT2D eigenvalue weighted by atomic mass is 9.93. The maximum atomic E-state index is 12.2. The molecule has 112 valence electrons. The van der Waals surface area contributed by atoms with E-state index in [0.717, 1.165) is 38.2 Å². The minimum Gasteiger partial charge on any atom is -0.349 e. The predicted octanol–water partition coefficient (Wildman–Crippen LogP) is 1.74. The average Bonchev–Trinajstić information content (AvgIpc) is 3.12. The smallest absolute Gasteiger partial charge is 0.244 e. The maximum Gasteiger partial charge on any atom is 0.244 e. The molecule has 2 aromatic heterocycles. The lowest BCUT2D eigenvalue weighted by Gasteiger charge is -2.31. The van der Waals surface area contributed by atoms with Gasteiger partial charge in [0, 0.05) is 38.1 Å². The zero-order valence-corrected chi connectivity index (χ0v) is 12.5. The van der Waals surface area contributed by atoms with Crippen LogP contribution in [0.3, 0.4) is 0 Å². The number of hydrogen-bond acceptors (Lipinski definition) is 3. The van der Waals surface area contributed by atoms with E-state index in [9.17, 15) is 4.79 Å². The Labute approximate surface area is 128 Å². The molecule has 7 heteroatoms. The number of hydrogen-bond donors (Lipinski definition) is 1. The number of piperidine rings is 1. The van der Waals surface area contributed by atoms with Gasteiger partial charge in [0.15, 0.2) is 0 Å². The second-order valence-electron chi connectivity index (χ2n) is 5.42. The number of halogens is 1. The largest absolute Gasteiger partial charge is 0.349 e. The number of likely N-dealkylation sites (tertiary alicyclic amines) is 1. The SMILES string of the molecule is O=C(Cn1cc(Cl)cn1)N1CCC(Cc2ncc[nH]2)CC1. The van der Waals surface area contributed by atoms with Crippen molar-refractivity contribution in [1.29, 1.82) is 0 Å². The Morgan fingerprint density at radius 2 is 2.24 bits per heavy atom. The van der Waals surface area contributed by atoms with E-state index in [1.54, 1.807) is 23.3 Å². The van der Waals surface area contributed by atoms with Gasteiger partial charge in [-0.2, -0.15) is 5.10 Å². The van der Waals surface area contributed by atoms with Gasteiger partial charge in [-0.05, 0) is 18.8 Å². The van der Waals surface area contributed by atoms with Crippen LogP contribution in [0.1, 0.15) is 18.7 Å². The summed E-state index contributed by atoms with van der Waals surface area (Å²) < 4.78 is 1.58. The molecule has 1 amide bonds. The van der Waals surface area contributed by atoms with E-state index in [1.807, 2.05) is 11.1 Å². The van der Waals surface area contributed by atoms with Gasteiger partial charge in [0.05, 0.1) is 11.2 Å². The van der Waals surface area contributed by atoms with Crippen LogP contribution in [0.25, 0.3) is 0 Å². The van der Waals surface area contributed by atoms with Gasteiger partial charge in [0.1, 0.15) is 12.4 Å². The first-order chi connectivity index (χ1) is 10.2. The summed E-state index contributed by atoms with van der Waals surface area (Å²) in [6.07, 6.45) is 9.85. The molecule has 0 aromatic carbocycles. The third-order valence-electron chi connectivity index (χ3n) is 3.90. The summed E-state index contributed by atoms with van der Waals surface area (Å²) in [6, 6.07) is 0. The molecule has 0 spiro atoms. The second kappa shape index (κ2) is 6.30. The van der Waals surface area contributed by atoms with E-state index in [2.05, 4.69) is 15.1 Å². The number of nitrogens with zero attached hydrogens (tertiary/aromatic N) is 4. The molecule has 0 bridgehead atoms. The Bertz CT molecular complexity index is 586. The van der Waals surface area contributed by atoms with Gasteiger partial charge in [0.2, 0.25) is 5.91 Å². The Kier molecular flexibility index (Phi) is 4.24. The molecule has 3 heterocycles. The molecule has 3 rings (SSSR count). The number of nitrogens with one attached hydrogen (secondary N) is 1. The number of imidazole rings is 1. The molecule has 0 aliphatic carbocycles. The van der Waals surface area contributed by atoms with Crippen LogP contribution in [0.2, 0.25) is 5.02 Å². The average molecular weight is 308 g/mol. The fourth-order valence-electron chi connectivity index (χ4n) is 2.73. The van der Waals surface area contributed by atoms with Crippen molar-refractivity contribution in [2.24, 2.45) is 5.92 Å². The molecule has 1 fully saturated rings. The summed E-state index contributed by atoms with van der Waals surface area (Å²) in [5, 5.41) is 4.60. The number of aromatic nitrogens is 4. The lowest BCUT2D eigenvalue weighted by molar-refractivity contribution is -0.133. The number of rotatable bonds is 4. The monoisotopic (exact) mass is 307 g/mol. The topological polar surface area (TPSA) is 66.8 Å². The number of carbonyl (C=O) groups is 1. The molecule has 0 radical (unpaired) electrons. The summed E-state index contributed by atoms with van der Waals surface area (Å²) in [7, 11) is 0. The van der Waals surface area contributed by atoms with Crippen LogP contribution >= 0.6 is 11.6 Å². The Morgan fingerprint density at radius 3 is 2.86 bits per heavy atom. The molecule has 0 atom stereocenters. The summed E-state index contributed by atoms with van der Waals surface area (Å²) in [5.74, 6) is 1.73. The van der Waals surface area contributed by atoms with E-state index in [0.29, 0.717) is 10.9 Å². The fraction of sp³-hybridized carbons (Fsp3) is 0.500. The first kappa shape index (κ1) is 14.1. The van der Waals surface area contributed by atoms with Crippen molar-refractivity contribution in [3.8, 4) is 0 Å². The fourth-order valence-corrected chi connectivity index (χ4v) is 2.89. The zero-order chi connectivity index (χ0) is 14.7. The van der Waals surface area contributed by atoms with Gasteiger partial charge in [-0.3, -0.25) is 9.48 Å². The van der Waals surface area contributed by atoms with Gasteiger partial charge >= 0.3 is 0 Å². The van der Waals surface area contributed by atoms with Crippen molar-refractivity contribution in [2.45, 2.75) is 25.8 Å². The van der Waals surface area contributed by atoms with E-state index in [1.165, 1.54) is 0 Å². The highest BCUT2D eigenvalue weighted by molar-refractivity contribution is 6.30. The van der Waals surface area contributed by atoms with E-state index < -0.39 is 0 Å². The molecule has 6 nitrogen and oxygen atoms in total. The van der Waals surface area contributed by atoms with E-state index in [-0.39, 0.29) is 12.5 Å². The molecule has 0 saturated carbocycles. The van der Waals surface area contributed by atoms with Crippen molar-refractivity contribution in [3.05, 3.63) is 35.6 Å². The lowest BCUT2D eigenvalue weighted by Crippen LogP contribution is -2.40. The van der Waals surface area contributed by atoms with Crippen LogP contribution < -0.4 is 0 Å². The highest BCUT2D eigenvalue weighted by Gasteiger charge is 2.23. The van der Waals surface area contributed by atoms with Gasteiger partial charge in [0.25, 0.3) is 0 Å². The Hall–Kier alpha value is -1.82. The first-order valence-electron chi connectivity index (χ1n) is 7.14. The quantitative estimate of drug-likeness (QED) is 0.935. The van der Waals surface area contributed by atoms with Gasteiger partial charge in [-0.1, -0.05) is 11.6 Å². The second-order valence-corrected chi connectivity index (χ2v) is 5.86. The molecule has 1 aliphatic heterocycles. The van der Waals surface area contributed by atoms with Crippen molar-refractivity contribution in [2.75, 3.05) is 13.1 Å². The Balaban J connectivity index is 1.47. The molecule has 21 heavy (non-hydrogen) atoms. The van der Waals surface area contributed by atoms with Crippen LogP contribution in [0.4, 0.5) is 0 Å². The van der Waals surface area contributed by atoms with Crippen molar-refractivity contribution < 1.29 is 4.79 Å². The normalized spacial score (nSPS) is 16.3. The summed E-state index contributed by atoms with van der Waals surface area (Å²) in [4.78, 5) is 21.5. The molecule has 0 unspecified atom stereocenters. The van der Waals surface area contributed by atoms with Gasteiger partial charge in [-0.15, -0.1) is 0 Å². The van der Waals surface area contributed by atoms with Crippen molar-refractivity contribution in [1.82, 2.24) is 24.6 Å². The molecule has 2 aromatic rings. The molecular weight excluding hydrogens is 290 g/mol. The van der Waals surface area contributed by atoms with E-state index in [4.69, 9.17) is 11.6 Å². The van der Waals surface area contributed by atoms with Gasteiger partial charge < -0.3 is 9.88 Å². The minimum atomic E-state index is 0.103. The standard InChI is InChI=1S/C14H18ClN5O/c15-12-8-18-20(9-12)10-14(21)19-5-1-11(2-6-19)7-13-16-3-4-17-13/h3-4,8-9,11H,1-2,5-7,10H2,(H,16,17). The van der Waals surface area contributed by atoms with Crippen molar-refractivity contribution >= 4 is 17.5 Å². The molecule has 1 N–H and O–H groups in total. The molecule has 1 aliphatic rings. The van der Waals surface area contributed by atoms with Crippen LogP contribution in [-0.2, 0) is 17.8 Å². The van der Waals surface area contributed by atoms with Gasteiger partial charge in [-0.25, -0.2) is 4.98 Å². The summed E-state index contributed by atoms with van der Waals surface area (Å²) in [5.41, 5.74) is 0. The number of aromatic amines is 1. The van der Waals surface area contributed by atoms with Crippen LogP contribution in [-0.4, -0.2) is 43.6 Å². The summed E-state index contributed by atoms with van der Waals surface area (Å²) >= 11 is 5.80. The number of H-pyrrole nitrogens is 1. The highest BCUT2D eigenvalue weighted by Crippen LogP contribution is 2.20. The van der Waals surface area contributed by atoms with Crippen LogP contribution in [0.15, 0.2) is 24.8 Å². The first-order valence-corrected chi connectivity index (χ1v) is 7.52. The minimum absolute atomic E-state index is 0.103. The molecular formula is C14H18ClN5O. The Morgan fingerprint density at radius 1 is 1.43 bits per heavy atom. The number of amides is 1. The van der Waals surface area contributed by atoms with E-state index >= 15 is 0 Å².